The van der Waals surface area contributed by atoms with E-state index in [9.17, 15) is 16.8 Å². The molecule has 134 valence electrons. The standard InChI is InChI=1S/C17H25NO4S2/c19-23(20)12-16(18-14-8-4-1-2-5-9-14)17(13-23)24(21,22)15-10-6-3-7-11-15/h3,6-7,10-11,14,16-18H,1-2,4-5,8-9,12-13H2/t16-,17-/m0/s1. The summed E-state index contributed by atoms with van der Waals surface area (Å²) in [6, 6.07) is 7.90. The molecule has 2 fully saturated rings. The van der Waals surface area contributed by atoms with E-state index >= 15 is 0 Å². The van der Waals surface area contributed by atoms with Crippen molar-refractivity contribution in [2.45, 2.75) is 60.8 Å². The first-order valence-corrected chi connectivity index (χ1v) is 12.0. The molecule has 1 N–H and O–H groups in total. The Bertz CT molecular complexity index is 751. The Morgan fingerprint density at radius 3 is 2.17 bits per heavy atom. The molecule has 2 atom stereocenters. The third-order valence-electron chi connectivity index (χ3n) is 5.08. The maximum Gasteiger partial charge on any atom is 0.183 e. The van der Waals surface area contributed by atoms with Crippen LogP contribution in [0, 0.1) is 0 Å². The number of sulfone groups is 2. The topological polar surface area (TPSA) is 80.3 Å². The molecule has 0 bridgehead atoms. The van der Waals surface area contributed by atoms with Crippen molar-refractivity contribution in [2.75, 3.05) is 11.5 Å². The largest absolute Gasteiger partial charge is 0.309 e. The third kappa shape index (κ3) is 4.00. The summed E-state index contributed by atoms with van der Waals surface area (Å²) in [6.07, 6.45) is 6.63. The molecule has 7 heteroatoms. The van der Waals surface area contributed by atoms with Gasteiger partial charge in [0.15, 0.2) is 19.7 Å². The van der Waals surface area contributed by atoms with Crippen molar-refractivity contribution in [2.24, 2.45) is 0 Å². The van der Waals surface area contributed by atoms with Gasteiger partial charge in [0.1, 0.15) is 0 Å². The predicted molar refractivity (Wildman–Crippen MR) is 94.5 cm³/mol. The SMILES string of the molecule is O=S1(=O)C[C@H](NC2CCCCCC2)[C@@H](S(=O)(=O)c2ccccc2)C1. The first-order valence-electron chi connectivity index (χ1n) is 8.64. The second kappa shape index (κ2) is 7.14. The highest BCUT2D eigenvalue weighted by molar-refractivity contribution is 7.96. The average Bonchev–Trinajstić information content (AvgIpc) is 2.72. The van der Waals surface area contributed by atoms with Gasteiger partial charge >= 0.3 is 0 Å². The Balaban J connectivity index is 1.84. The zero-order valence-corrected chi connectivity index (χ0v) is 15.4. The van der Waals surface area contributed by atoms with Gasteiger partial charge in [0.2, 0.25) is 0 Å². The average molecular weight is 372 g/mol. The molecule has 0 unspecified atom stereocenters. The van der Waals surface area contributed by atoms with E-state index in [4.69, 9.17) is 0 Å². The van der Waals surface area contributed by atoms with Crippen LogP contribution >= 0.6 is 0 Å². The number of hydrogen-bond acceptors (Lipinski definition) is 5. The van der Waals surface area contributed by atoms with Crippen LogP contribution in [0.4, 0.5) is 0 Å². The van der Waals surface area contributed by atoms with Crippen molar-refractivity contribution in [3.63, 3.8) is 0 Å². The maximum atomic E-state index is 12.9. The van der Waals surface area contributed by atoms with Crippen LogP contribution in [0.3, 0.4) is 0 Å². The van der Waals surface area contributed by atoms with E-state index in [-0.39, 0.29) is 22.4 Å². The lowest BCUT2D eigenvalue weighted by molar-refractivity contribution is 0.408. The molecule has 1 heterocycles. The molecule has 0 amide bonds. The molecular formula is C17H25NO4S2. The van der Waals surface area contributed by atoms with Crippen molar-refractivity contribution in [3.05, 3.63) is 30.3 Å². The predicted octanol–water partition coefficient (Wildman–Crippen LogP) is 1.94. The van der Waals surface area contributed by atoms with Gasteiger partial charge < -0.3 is 5.32 Å². The van der Waals surface area contributed by atoms with Crippen LogP contribution < -0.4 is 5.32 Å². The lowest BCUT2D eigenvalue weighted by Crippen LogP contribution is -2.47. The summed E-state index contributed by atoms with van der Waals surface area (Å²) in [7, 11) is -7.00. The summed E-state index contributed by atoms with van der Waals surface area (Å²) in [5.74, 6) is -0.366. The van der Waals surface area contributed by atoms with Crippen LogP contribution in [-0.4, -0.2) is 45.7 Å². The second-order valence-electron chi connectivity index (χ2n) is 6.94. The number of rotatable bonds is 4. The quantitative estimate of drug-likeness (QED) is 0.818. The minimum atomic E-state index is -3.66. The van der Waals surface area contributed by atoms with Crippen molar-refractivity contribution in [1.29, 1.82) is 0 Å². The van der Waals surface area contributed by atoms with Gasteiger partial charge in [-0.3, -0.25) is 0 Å². The summed E-state index contributed by atoms with van der Waals surface area (Å²) in [6.45, 7) is 0. The van der Waals surface area contributed by atoms with Crippen LogP contribution in [0.25, 0.3) is 0 Å². The zero-order chi connectivity index (χ0) is 17.2. The maximum absolute atomic E-state index is 12.9. The van der Waals surface area contributed by atoms with Gasteiger partial charge in [0.05, 0.1) is 21.7 Å². The van der Waals surface area contributed by atoms with Gasteiger partial charge in [-0.2, -0.15) is 0 Å². The fourth-order valence-corrected chi connectivity index (χ4v) is 8.51. The molecule has 1 aliphatic heterocycles. The van der Waals surface area contributed by atoms with E-state index in [1.54, 1.807) is 30.3 Å². The fraction of sp³-hybridized carbons (Fsp3) is 0.647. The van der Waals surface area contributed by atoms with Crippen molar-refractivity contribution in [3.8, 4) is 0 Å². The van der Waals surface area contributed by atoms with Gasteiger partial charge in [-0.25, -0.2) is 16.8 Å². The lowest BCUT2D eigenvalue weighted by atomic mass is 10.1. The van der Waals surface area contributed by atoms with E-state index in [1.807, 2.05) is 0 Å². The summed E-state index contributed by atoms with van der Waals surface area (Å²) in [5, 5.41) is 2.49. The van der Waals surface area contributed by atoms with Gasteiger partial charge in [0, 0.05) is 12.1 Å². The summed E-state index contributed by atoms with van der Waals surface area (Å²) < 4.78 is 50.1. The highest BCUT2D eigenvalue weighted by atomic mass is 32.2. The normalized spacial score (nSPS) is 28.5. The second-order valence-corrected chi connectivity index (χ2v) is 11.3. The van der Waals surface area contributed by atoms with E-state index < -0.39 is 31.0 Å². The molecule has 3 rings (SSSR count). The summed E-state index contributed by atoms with van der Waals surface area (Å²) >= 11 is 0. The van der Waals surface area contributed by atoms with Gasteiger partial charge in [-0.15, -0.1) is 0 Å². The summed E-state index contributed by atoms with van der Waals surface area (Å²) in [5.41, 5.74) is 0. The Morgan fingerprint density at radius 1 is 0.917 bits per heavy atom. The molecule has 2 aliphatic rings. The minimum Gasteiger partial charge on any atom is -0.309 e. The molecule has 1 aromatic rings. The molecule has 1 aliphatic carbocycles. The highest BCUT2D eigenvalue weighted by Gasteiger charge is 2.46. The molecule has 1 saturated heterocycles. The third-order valence-corrected chi connectivity index (χ3v) is 9.24. The van der Waals surface area contributed by atoms with E-state index in [0.29, 0.717) is 0 Å². The monoisotopic (exact) mass is 371 g/mol. The molecule has 5 nitrogen and oxygen atoms in total. The molecule has 1 saturated carbocycles. The van der Waals surface area contributed by atoms with Gasteiger partial charge in [-0.1, -0.05) is 43.9 Å². The van der Waals surface area contributed by atoms with Crippen LogP contribution in [-0.2, 0) is 19.7 Å². The van der Waals surface area contributed by atoms with E-state index in [2.05, 4.69) is 5.32 Å². The summed E-state index contributed by atoms with van der Waals surface area (Å²) in [4.78, 5) is 0.208. The van der Waals surface area contributed by atoms with Crippen molar-refractivity contribution < 1.29 is 16.8 Å². The van der Waals surface area contributed by atoms with Crippen molar-refractivity contribution in [1.82, 2.24) is 5.32 Å². The first-order chi connectivity index (χ1) is 11.4. The molecule has 0 spiro atoms. The van der Waals surface area contributed by atoms with Crippen molar-refractivity contribution >= 4 is 19.7 Å². The highest BCUT2D eigenvalue weighted by Crippen LogP contribution is 2.27. The van der Waals surface area contributed by atoms with Crippen LogP contribution in [0.1, 0.15) is 38.5 Å². The molecule has 0 radical (unpaired) electrons. The number of hydrogen-bond donors (Lipinski definition) is 1. The Labute approximate surface area is 144 Å². The zero-order valence-electron chi connectivity index (χ0n) is 13.7. The Hall–Kier alpha value is -0.920. The molecule has 1 aromatic carbocycles. The van der Waals surface area contributed by atoms with Crippen LogP contribution in [0.15, 0.2) is 35.2 Å². The minimum absolute atomic E-state index is 0.0831. The van der Waals surface area contributed by atoms with Gasteiger partial charge in [0.25, 0.3) is 0 Å². The van der Waals surface area contributed by atoms with E-state index in [1.165, 1.54) is 12.8 Å². The number of benzene rings is 1. The molecule has 24 heavy (non-hydrogen) atoms. The Kier molecular flexibility index (Phi) is 5.32. The lowest BCUT2D eigenvalue weighted by Gasteiger charge is -2.25. The molecular weight excluding hydrogens is 346 g/mol. The van der Waals surface area contributed by atoms with Gasteiger partial charge in [-0.05, 0) is 25.0 Å². The van der Waals surface area contributed by atoms with E-state index in [0.717, 1.165) is 25.7 Å². The number of nitrogens with one attached hydrogen (secondary N) is 1. The van der Waals surface area contributed by atoms with Crippen LogP contribution in [0.5, 0.6) is 0 Å². The fourth-order valence-electron chi connectivity index (χ4n) is 3.81. The smallest absolute Gasteiger partial charge is 0.183 e. The first kappa shape index (κ1) is 17.9. The Morgan fingerprint density at radius 2 is 1.54 bits per heavy atom. The van der Waals surface area contributed by atoms with Crippen LogP contribution in [0.2, 0.25) is 0 Å². The molecule has 0 aromatic heterocycles.